The van der Waals surface area contributed by atoms with E-state index < -0.39 is 0 Å². The van der Waals surface area contributed by atoms with Crippen LogP contribution >= 0.6 is 23.1 Å². The zero-order chi connectivity index (χ0) is 10.6. The van der Waals surface area contributed by atoms with E-state index in [4.69, 9.17) is 0 Å². The van der Waals surface area contributed by atoms with Gasteiger partial charge in [0, 0.05) is 0 Å². The molecule has 76 valence electrons. The van der Waals surface area contributed by atoms with Crippen LogP contribution in [0, 0.1) is 6.92 Å². The molecule has 0 spiro atoms. The Morgan fingerprint density at radius 2 is 2.00 bits per heavy atom. The highest BCUT2D eigenvalue weighted by Crippen LogP contribution is 2.28. The maximum Gasteiger partial charge on any atom is 0.150 e. The van der Waals surface area contributed by atoms with Crippen LogP contribution in [0.25, 0.3) is 10.2 Å². The molecule has 0 atom stereocenters. The van der Waals surface area contributed by atoms with E-state index in [1.54, 1.807) is 23.1 Å². The minimum atomic E-state index is 1.13. The molecule has 14 heavy (non-hydrogen) atoms. The standard InChI is InChI=1S/C9H9NS2.C2H6/c1-6-3-4-8-7(5-6)10-9(11-2)12-8;1-2/h3-5H,1-2H3;1-2H3. The van der Waals surface area contributed by atoms with Crippen LogP contribution in [0.4, 0.5) is 0 Å². The molecule has 0 saturated carbocycles. The van der Waals surface area contributed by atoms with Crippen LogP contribution in [0.1, 0.15) is 19.4 Å². The number of fused-ring (bicyclic) bond motifs is 1. The highest BCUT2D eigenvalue weighted by atomic mass is 32.2. The van der Waals surface area contributed by atoms with Crippen molar-refractivity contribution >= 4 is 33.3 Å². The van der Waals surface area contributed by atoms with E-state index in [0.717, 1.165) is 9.86 Å². The average Bonchev–Trinajstić information content (AvgIpc) is 2.62. The van der Waals surface area contributed by atoms with Crippen molar-refractivity contribution in [3.8, 4) is 0 Å². The van der Waals surface area contributed by atoms with Gasteiger partial charge in [-0.25, -0.2) is 4.98 Å². The SMILES string of the molecule is CC.CSc1nc2cc(C)ccc2s1. The highest BCUT2D eigenvalue weighted by Gasteiger charge is 2.01. The zero-order valence-electron chi connectivity index (χ0n) is 9.00. The average molecular weight is 225 g/mol. The quantitative estimate of drug-likeness (QED) is 0.669. The second-order valence-corrected chi connectivity index (χ2v) is 4.74. The fourth-order valence-corrected chi connectivity index (χ4v) is 2.57. The van der Waals surface area contributed by atoms with E-state index in [1.165, 1.54) is 10.3 Å². The minimum absolute atomic E-state index is 1.13. The Labute approximate surface area is 93.6 Å². The smallest absolute Gasteiger partial charge is 0.150 e. The number of aromatic nitrogens is 1. The molecule has 0 radical (unpaired) electrons. The van der Waals surface area contributed by atoms with Crippen molar-refractivity contribution < 1.29 is 0 Å². The Morgan fingerprint density at radius 3 is 2.64 bits per heavy atom. The van der Waals surface area contributed by atoms with Crippen molar-refractivity contribution in [2.24, 2.45) is 0 Å². The van der Waals surface area contributed by atoms with Crippen LogP contribution in [0.2, 0.25) is 0 Å². The molecule has 3 heteroatoms. The van der Waals surface area contributed by atoms with Gasteiger partial charge in [0.05, 0.1) is 10.2 Å². The third kappa shape index (κ3) is 2.49. The largest absolute Gasteiger partial charge is 0.230 e. The molecule has 1 aromatic carbocycles. The Kier molecular flexibility index (Phi) is 4.42. The van der Waals surface area contributed by atoms with E-state index in [-0.39, 0.29) is 0 Å². The summed E-state index contributed by atoms with van der Waals surface area (Å²) in [4.78, 5) is 4.47. The maximum atomic E-state index is 4.47. The van der Waals surface area contributed by atoms with Crippen molar-refractivity contribution in [2.75, 3.05) is 6.26 Å². The number of rotatable bonds is 1. The fraction of sp³-hybridized carbons (Fsp3) is 0.364. The van der Waals surface area contributed by atoms with Gasteiger partial charge in [-0.15, -0.1) is 11.3 Å². The lowest BCUT2D eigenvalue weighted by Gasteiger charge is -1.88. The number of benzene rings is 1. The van der Waals surface area contributed by atoms with Crippen LogP contribution in [-0.4, -0.2) is 11.2 Å². The number of hydrogen-bond acceptors (Lipinski definition) is 3. The molecule has 0 fully saturated rings. The number of nitrogens with zero attached hydrogens (tertiary/aromatic N) is 1. The van der Waals surface area contributed by atoms with Gasteiger partial charge in [-0.3, -0.25) is 0 Å². The summed E-state index contributed by atoms with van der Waals surface area (Å²) in [5.41, 5.74) is 2.41. The van der Waals surface area contributed by atoms with Crippen LogP contribution < -0.4 is 0 Å². The Bertz CT molecular complexity index is 407. The predicted octanol–water partition coefficient (Wildman–Crippen LogP) is 4.35. The van der Waals surface area contributed by atoms with Gasteiger partial charge in [0.2, 0.25) is 0 Å². The van der Waals surface area contributed by atoms with Gasteiger partial charge >= 0.3 is 0 Å². The highest BCUT2D eigenvalue weighted by molar-refractivity contribution is 8.00. The summed E-state index contributed by atoms with van der Waals surface area (Å²) in [7, 11) is 0. The molecule has 1 nitrogen and oxygen atoms in total. The second kappa shape index (κ2) is 5.37. The Balaban J connectivity index is 0.000000461. The summed E-state index contributed by atoms with van der Waals surface area (Å²) in [6, 6.07) is 6.40. The molecule has 0 saturated heterocycles. The van der Waals surface area contributed by atoms with E-state index in [2.05, 4.69) is 36.4 Å². The minimum Gasteiger partial charge on any atom is -0.230 e. The molecule has 0 aliphatic carbocycles. The lowest BCUT2D eigenvalue weighted by molar-refractivity contribution is 1.30. The first-order chi connectivity index (χ1) is 6.79. The fourth-order valence-electron chi connectivity index (χ4n) is 1.10. The number of aryl methyl sites for hydroxylation is 1. The van der Waals surface area contributed by atoms with E-state index >= 15 is 0 Å². The monoisotopic (exact) mass is 225 g/mol. The lowest BCUT2D eigenvalue weighted by Crippen LogP contribution is -1.71. The van der Waals surface area contributed by atoms with Crippen LogP contribution in [-0.2, 0) is 0 Å². The summed E-state index contributed by atoms with van der Waals surface area (Å²) in [6.45, 7) is 6.09. The van der Waals surface area contributed by atoms with Crippen LogP contribution in [0.15, 0.2) is 22.5 Å². The normalized spacial score (nSPS) is 9.71. The van der Waals surface area contributed by atoms with Gasteiger partial charge in [0.15, 0.2) is 4.34 Å². The second-order valence-electron chi connectivity index (χ2n) is 2.66. The number of hydrogen-bond donors (Lipinski definition) is 0. The summed E-state index contributed by atoms with van der Waals surface area (Å²) >= 11 is 3.47. The maximum absolute atomic E-state index is 4.47. The van der Waals surface area contributed by atoms with Crippen molar-refractivity contribution in [2.45, 2.75) is 25.1 Å². The van der Waals surface area contributed by atoms with Gasteiger partial charge in [-0.05, 0) is 30.9 Å². The van der Waals surface area contributed by atoms with Gasteiger partial charge in [-0.1, -0.05) is 31.7 Å². The summed E-state index contributed by atoms with van der Waals surface area (Å²) in [5, 5.41) is 0. The number of thiazole rings is 1. The van der Waals surface area contributed by atoms with E-state index in [1.807, 2.05) is 13.8 Å². The molecule has 0 N–H and O–H groups in total. The molecule has 2 rings (SSSR count). The summed E-state index contributed by atoms with van der Waals surface area (Å²) in [5.74, 6) is 0. The molecule has 1 aromatic heterocycles. The van der Waals surface area contributed by atoms with Gasteiger partial charge in [0.25, 0.3) is 0 Å². The van der Waals surface area contributed by atoms with Gasteiger partial charge in [0.1, 0.15) is 0 Å². The first kappa shape index (κ1) is 11.5. The first-order valence-electron chi connectivity index (χ1n) is 4.71. The summed E-state index contributed by atoms with van der Waals surface area (Å²) < 4.78 is 2.43. The third-order valence-corrected chi connectivity index (χ3v) is 3.72. The van der Waals surface area contributed by atoms with Gasteiger partial charge < -0.3 is 0 Å². The van der Waals surface area contributed by atoms with E-state index in [0.29, 0.717) is 0 Å². The lowest BCUT2D eigenvalue weighted by atomic mass is 10.2. The molecular formula is C11H15NS2. The first-order valence-corrected chi connectivity index (χ1v) is 6.75. The molecule has 0 unspecified atom stereocenters. The Morgan fingerprint density at radius 1 is 1.29 bits per heavy atom. The third-order valence-electron chi connectivity index (χ3n) is 1.70. The molecule has 0 aliphatic rings. The van der Waals surface area contributed by atoms with E-state index in [9.17, 15) is 0 Å². The molecule has 0 bridgehead atoms. The molecule has 0 amide bonds. The van der Waals surface area contributed by atoms with Crippen LogP contribution in [0.3, 0.4) is 0 Å². The Hall–Kier alpha value is -0.540. The molecule has 1 heterocycles. The zero-order valence-corrected chi connectivity index (χ0v) is 10.6. The van der Waals surface area contributed by atoms with Crippen molar-refractivity contribution in [3.05, 3.63) is 23.8 Å². The van der Waals surface area contributed by atoms with Crippen molar-refractivity contribution in [1.82, 2.24) is 4.98 Å². The predicted molar refractivity (Wildman–Crippen MR) is 67.5 cm³/mol. The number of thioether (sulfide) groups is 1. The van der Waals surface area contributed by atoms with Crippen molar-refractivity contribution in [1.29, 1.82) is 0 Å². The summed E-state index contributed by atoms with van der Waals surface area (Å²) in [6.07, 6.45) is 2.06. The molecule has 2 aromatic rings. The topological polar surface area (TPSA) is 12.9 Å². The van der Waals surface area contributed by atoms with Gasteiger partial charge in [-0.2, -0.15) is 0 Å². The van der Waals surface area contributed by atoms with Crippen LogP contribution in [0.5, 0.6) is 0 Å². The van der Waals surface area contributed by atoms with Crippen molar-refractivity contribution in [3.63, 3.8) is 0 Å². The molecule has 0 aliphatic heterocycles. The molecular weight excluding hydrogens is 210 g/mol.